The molecule has 1 aliphatic rings. The highest BCUT2D eigenvalue weighted by Gasteiger charge is 2.20. The Bertz CT molecular complexity index is 371. The van der Waals surface area contributed by atoms with Gasteiger partial charge in [-0.2, -0.15) is 0 Å². The summed E-state index contributed by atoms with van der Waals surface area (Å²) in [6.45, 7) is 4.61. The standard InChI is InChI=1S/C14H22N4/c1-2-15-14(17-10-8-12-6-7-12)18-11-13-5-3-4-9-16-13/h3-5,9,12H,2,6-8,10-11H2,1H3,(H2,15,17,18). The predicted molar refractivity (Wildman–Crippen MR) is 74.4 cm³/mol. The zero-order chi connectivity index (χ0) is 12.6. The van der Waals surface area contributed by atoms with E-state index in [1.54, 1.807) is 6.20 Å². The predicted octanol–water partition coefficient (Wildman–Crippen LogP) is 1.94. The third-order valence-electron chi connectivity index (χ3n) is 3.01. The average molecular weight is 246 g/mol. The molecular formula is C14H22N4. The highest BCUT2D eigenvalue weighted by Crippen LogP contribution is 2.31. The topological polar surface area (TPSA) is 49.3 Å². The quantitative estimate of drug-likeness (QED) is 0.595. The molecule has 0 unspecified atom stereocenters. The van der Waals surface area contributed by atoms with Crippen molar-refractivity contribution < 1.29 is 0 Å². The van der Waals surface area contributed by atoms with Crippen LogP contribution in [0.3, 0.4) is 0 Å². The summed E-state index contributed by atoms with van der Waals surface area (Å²) in [5.74, 6) is 1.85. The molecule has 0 aliphatic heterocycles. The normalized spacial score (nSPS) is 15.5. The Kier molecular flexibility index (Phi) is 5.00. The Morgan fingerprint density at radius 2 is 2.28 bits per heavy atom. The van der Waals surface area contributed by atoms with Gasteiger partial charge in [0.2, 0.25) is 0 Å². The summed E-state index contributed by atoms with van der Waals surface area (Å²) in [5.41, 5.74) is 0.997. The van der Waals surface area contributed by atoms with E-state index < -0.39 is 0 Å². The third kappa shape index (κ3) is 4.73. The first-order chi connectivity index (χ1) is 8.88. The van der Waals surface area contributed by atoms with Crippen molar-refractivity contribution in [2.24, 2.45) is 10.9 Å². The monoisotopic (exact) mass is 246 g/mol. The molecule has 2 N–H and O–H groups in total. The SMILES string of the molecule is CCNC(=NCc1ccccn1)NCCC1CC1. The summed E-state index contributed by atoms with van der Waals surface area (Å²) in [6.07, 6.45) is 5.87. The number of pyridine rings is 1. The molecule has 1 aromatic rings. The Balaban J connectivity index is 1.78. The van der Waals surface area contributed by atoms with Gasteiger partial charge in [0.25, 0.3) is 0 Å². The molecule has 4 nitrogen and oxygen atoms in total. The van der Waals surface area contributed by atoms with Gasteiger partial charge in [-0.1, -0.05) is 18.9 Å². The van der Waals surface area contributed by atoms with Crippen molar-refractivity contribution in [3.05, 3.63) is 30.1 Å². The lowest BCUT2D eigenvalue weighted by atomic mass is 10.3. The summed E-state index contributed by atoms with van der Waals surface area (Å²) in [7, 11) is 0. The zero-order valence-electron chi connectivity index (χ0n) is 11.0. The maximum Gasteiger partial charge on any atom is 0.191 e. The molecule has 18 heavy (non-hydrogen) atoms. The van der Waals surface area contributed by atoms with Crippen LogP contribution in [-0.2, 0) is 6.54 Å². The maximum absolute atomic E-state index is 4.53. The molecule has 0 amide bonds. The van der Waals surface area contributed by atoms with Crippen molar-refractivity contribution in [2.45, 2.75) is 32.7 Å². The van der Waals surface area contributed by atoms with Gasteiger partial charge in [0.15, 0.2) is 5.96 Å². The van der Waals surface area contributed by atoms with Crippen LogP contribution in [0, 0.1) is 5.92 Å². The van der Waals surface area contributed by atoms with Crippen molar-refractivity contribution >= 4 is 5.96 Å². The molecule has 1 saturated carbocycles. The van der Waals surface area contributed by atoms with Crippen LogP contribution in [0.1, 0.15) is 31.9 Å². The van der Waals surface area contributed by atoms with E-state index >= 15 is 0 Å². The van der Waals surface area contributed by atoms with E-state index in [0.29, 0.717) is 6.54 Å². The average Bonchev–Trinajstić information content (AvgIpc) is 3.21. The fourth-order valence-electron chi connectivity index (χ4n) is 1.79. The van der Waals surface area contributed by atoms with E-state index in [1.807, 2.05) is 18.2 Å². The van der Waals surface area contributed by atoms with Crippen LogP contribution < -0.4 is 10.6 Å². The number of rotatable bonds is 6. The second kappa shape index (κ2) is 6.99. The number of nitrogens with zero attached hydrogens (tertiary/aromatic N) is 2. The van der Waals surface area contributed by atoms with Gasteiger partial charge in [-0.05, 0) is 31.4 Å². The minimum Gasteiger partial charge on any atom is -0.357 e. The molecule has 0 bridgehead atoms. The number of aliphatic imine (C=N–C) groups is 1. The van der Waals surface area contributed by atoms with E-state index in [0.717, 1.165) is 30.7 Å². The Labute approximate surface area is 109 Å². The molecule has 0 aromatic carbocycles. The maximum atomic E-state index is 4.53. The van der Waals surface area contributed by atoms with Crippen LogP contribution in [0.15, 0.2) is 29.4 Å². The Hall–Kier alpha value is -1.58. The molecular weight excluding hydrogens is 224 g/mol. The number of hydrogen-bond acceptors (Lipinski definition) is 2. The Morgan fingerprint density at radius 1 is 1.39 bits per heavy atom. The van der Waals surface area contributed by atoms with Crippen LogP contribution in [0.4, 0.5) is 0 Å². The molecule has 1 heterocycles. The van der Waals surface area contributed by atoms with Crippen LogP contribution in [0.25, 0.3) is 0 Å². The van der Waals surface area contributed by atoms with Gasteiger partial charge in [0.05, 0.1) is 12.2 Å². The van der Waals surface area contributed by atoms with Crippen LogP contribution in [-0.4, -0.2) is 24.0 Å². The number of hydrogen-bond donors (Lipinski definition) is 2. The summed E-state index contributed by atoms with van der Waals surface area (Å²) >= 11 is 0. The van der Waals surface area contributed by atoms with Crippen LogP contribution in [0.5, 0.6) is 0 Å². The lowest BCUT2D eigenvalue weighted by Crippen LogP contribution is -2.37. The van der Waals surface area contributed by atoms with E-state index in [9.17, 15) is 0 Å². The van der Waals surface area contributed by atoms with E-state index in [4.69, 9.17) is 0 Å². The Morgan fingerprint density at radius 3 is 2.94 bits per heavy atom. The highest BCUT2D eigenvalue weighted by molar-refractivity contribution is 5.79. The molecule has 0 radical (unpaired) electrons. The van der Waals surface area contributed by atoms with Gasteiger partial charge in [0, 0.05) is 19.3 Å². The van der Waals surface area contributed by atoms with Crippen molar-refractivity contribution in [3.8, 4) is 0 Å². The number of guanidine groups is 1. The molecule has 0 spiro atoms. The van der Waals surface area contributed by atoms with E-state index in [-0.39, 0.29) is 0 Å². The van der Waals surface area contributed by atoms with Crippen LogP contribution in [0.2, 0.25) is 0 Å². The van der Waals surface area contributed by atoms with Gasteiger partial charge in [-0.25, -0.2) is 4.99 Å². The molecule has 0 atom stereocenters. The minimum absolute atomic E-state index is 0.625. The van der Waals surface area contributed by atoms with Crippen molar-refractivity contribution in [3.63, 3.8) is 0 Å². The number of aromatic nitrogens is 1. The first-order valence-corrected chi connectivity index (χ1v) is 6.80. The molecule has 98 valence electrons. The molecule has 2 rings (SSSR count). The van der Waals surface area contributed by atoms with Gasteiger partial charge in [-0.15, -0.1) is 0 Å². The molecule has 1 aromatic heterocycles. The molecule has 4 heteroatoms. The van der Waals surface area contributed by atoms with Crippen molar-refractivity contribution in [2.75, 3.05) is 13.1 Å². The second-order valence-corrected chi connectivity index (χ2v) is 4.68. The van der Waals surface area contributed by atoms with E-state index in [2.05, 4.69) is 27.5 Å². The first kappa shape index (κ1) is 12.9. The highest BCUT2D eigenvalue weighted by atomic mass is 15.2. The summed E-state index contributed by atoms with van der Waals surface area (Å²) < 4.78 is 0. The van der Waals surface area contributed by atoms with E-state index in [1.165, 1.54) is 19.3 Å². The van der Waals surface area contributed by atoms with Crippen molar-refractivity contribution in [1.82, 2.24) is 15.6 Å². The van der Waals surface area contributed by atoms with Gasteiger partial charge >= 0.3 is 0 Å². The minimum atomic E-state index is 0.625. The number of nitrogens with one attached hydrogen (secondary N) is 2. The fraction of sp³-hybridized carbons (Fsp3) is 0.571. The van der Waals surface area contributed by atoms with Crippen LogP contribution >= 0.6 is 0 Å². The third-order valence-corrected chi connectivity index (χ3v) is 3.01. The van der Waals surface area contributed by atoms with Crippen molar-refractivity contribution in [1.29, 1.82) is 0 Å². The lowest BCUT2D eigenvalue weighted by molar-refractivity contribution is 0.685. The molecule has 0 saturated heterocycles. The lowest BCUT2D eigenvalue weighted by Gasteiger charge is -2.10. The fourth-order valence-corrected chi connectivity index (χ4v) is 1.79. The van der Waals surface area contributed by atoms with Gasteiger partial charge < -0.3 is 10.6 Å². The largest absolute Gasteiger partial charge is 0.357 e. The molecule has 1 fully saturated rings. The summed E-state index contributed by atoms with van der Waals surface area (Å²) in [6, 6.07) is 5.91. The summed E-state index contributed by atoms with van der Waals surface area (Å²) in [4.78, 5) is 8.80. The second-order valence-electron chi connectivity index (χ2n) is 4.68. The first-order valence-electron chi connectivity index (χ1n) is 6.80. The summed E-state index contributed by atoms with van der Waals surface area (Å²) in [5, 5.41) is 6.63. The zero-order valence-corrected chi connectivity index (χ0v) is 11.0. The smallest absolute Gasteiger partial charge is 0.191 e. The molecule has 1 aliphatic carbocycles. The van der Waals surface area contributed by atoms with Gasteiger partial charge in [0.1, 0.15) is 0 Å². The van der Waals surface area contributed by atoms with Gasteiger partial charge in [-0.3, -0.25) is 4.98 Å².